The van der Waals surface area contributed by atoms with Gasteiger partial charge in [-0.25, -0.2) is 4.98 Å². The monoisotopic (exact) mass is 435 g/mol. The van der Waals surface area contributed by atoms with Crippen LogP contribution in [-0.4, -0.2) is 40.0 Å². The fourth-order valence-electron chi connectivity index (χ4n) is 3.95. The topological polar surface area (TPSA) is 53.9 Å². The summed E-state index contributed by atoms with van der Waals surface area (Å²) in [6, 6.07) is 21.7. The minimum absolute atomic E-state index is 0.524. The van der Waals surface area contributed by atoms with Crippen LogP contribution in [0, 0.1) is 6.92 Å². The van der Waals surface area contributed by atoms with Crippen molar-refractivity contribution in [2.75, 3.05) is 19.4 Å². The molecule has 1 N–H and O–H groups in total. The Hall–Kier alpha value is -3.57. The molecule has 33 heavy (non-hydrogen) atoms. The molecule has 5 rings (SSSR count). The highest BCUT2D eigenvalue weighted by Gasteiger charge is 2.22. The number of pyridine rings is 3. The zero-order valence-electron chi connectivity index (χ0n) is 19.4. The molecule has 166 valence electrons. The standard InChI is InChI=1S/C28H29N5/c1-19-5-4-6-26(30-19)27-14-22(15-28(32-27)31-25-11-12-25)24-13-23(16-29-17-24)21-9-7-20(8-10-21)18-33(2)3/h4-10,13-17,25H,11-12,18H2,1-3H3,(H,31,32). The highest BCUT2D eigenvalue weighted by molar-refractivity contribution is 5.76. The van der Waals surface area contributed by atoms with E-state index in [0.29, 0.717) is 6.04 Å². The first-order valence-electron chi connectivity index (χ1n) is 11.5. The molecule has 3 aromatic heterocycles. The van der Waals surface area contributed by atoms with Crippen LogP contribution >= 0.6 is 0 Å². The molecule has 0 atom stereocenters. The van der Waals surface area contributed by atoms with Crippen molar-refractivity contribution < 1.29 is 0 Å². The number of hydrogen-bond acceptors (Lipinski definition) is 5. The van der Waals surface area contributed by atoms with Gasteiger partial charge in [-0.2, -0.15) is 0 Å². The van der Waals surface area contributed by atoms with E-state index in [0.717, 1.165) is 51.7 Å². The van der Waals surface area contributed by atoms with Crippen LogP contribution in [0.5, 0.6) is 0 Å². The van der Waals surface area contributed by atoms with Crippen molar-refractivity contribution in [2.24, 2.45) is 0 Å². The molecule has 1 aliphatic rings. The summed E-state index contributed by atoms with van der Waals surface area (Å²) < 4.78 is 0. The van der Waals surface area contributed by atoms with E-state index in [1.807, 2.05) is 37.5 Å². The van der Waals surface area contributed by atoms with Gasteiger partial charge in [0.1, 0.15) is 5.82 Å². The summed E-state index contributed by atoms with van der Waals surface area (Å²) in [5.74, 6) is 0.895. The van der Waals surface area contributed by atoms with Gasteiger partial charge < -0.3 is 10.2 Å². The van der Waals surface area contributed by atoms with E-state index in [-0.39, 0.29) is 0 Å². The molecule has 5 heteroatoms. The lowest BCUT2D eigenvalue weighted by Crippen LogP contribution is -2.10. The van der Waals surface area contributed by atoms with E-state index in [1.54, 1.807) is 0 Å². The van der Waals surface area contributed by atoms with Crippen LogP contribution in [0.15, 0.2) is 73.1 Å². The predicted molar refractivity (Wildman–Crippen MR) is 135 cm³/mol. The average Bonchev–Trinajstić information content (AvgIpc) is 3.63. The second-order valence-corrected chi connectivity index (χ2v) is 9.11. The number of rotatable bonds is 7. The molecule has 4 aromatic rings. The minimum atomic E-state index is 0.524. The van der Waals surface area contributed by atoms with Gasteiger partial charge >= 0.3 is 0 Å². The molecule has 0 aliphatic heterocycles. The molecule has 1 aromatic carbocycles. The van der Waals surface area contributed by atoms with E-state index in [9.17, 15) is 0 Å². The molecule has 1 aliphatic carbocycles. The van der Waals surface area contributed by atoms with Gasteiger partial charge in [0.15, 0.2) is 0 Å². The smallest absolute Gasteiger partial charge is 0.127 e. The lowest BCUT2D eigenvalue weighted by Gasteiger charge is -2.12. The summed E-state index contributed by atoms with van der Waals surface area (Å²) in [5.41, 5.74) is 8.47. The molecule has 0 amide bonds. The Morgan fingerprint density at radius 1 is 0.818 bits per heavy atom. The Morgan fingerprint density at radius 2 is 1.58 bits per heavy atom. The van der Waals surface area contributed by atoms with Gasteiger partial charge in [-0.05, 0) is 80.9 Å². The minimum Gasteiger partial charge on any atom is -0.367 e. The number of hydrogen-bond donors (Lipinski definition) is 1. The summed E-state index contributed by atoms with van der Waals surface area (Å²) in [4.78, 5) is 16.3. The maximum Gasteiger partial charge on any atom is 0.127 e. The zero-order chi connectivity index (χ0) is 22.8. The van der Waals surface area contributed by atoms with Crippen LogP contribution in [0.2, 0.25) is 0 Å². The van der Waals surface area contributed by atoms with E-state index in [4.69, 9.17) is 9.97 Å². The summed E-state index contributed by atoms with van der Waals surface area (Å²) in [5, 5.41) is 3.56. The Labute approximate surface area is 195 Å². The molecule has 0 unspecified atom stereocenters. The highest BCUT2D eigenvalue weighted by Crippen LogP contribution is 2.32. The first kappa shape index (κ1) is 21.3. The van der Waals surface area contributed by atoms with Gasteiger partial charge in [0.2, 0.25) is 0 Å². The van der Waals surface area contributed by atoms with Crippen LogP contribution in [0.4, 0.5) is 5.82 Å². The largest absolute Gasteiger partial charge is 0.367 e. The molecule has 1 fully saturated rings. The van der Waals surface area contributed by atoms with Gasteiger partial charge in [-0.15, -0.1) is 0 Å². The van der Waals surface area contributed by atoms with E-state index in [2.05, 4.69) is 71.8 Å². The Kier molecular flexibility index (Phi) is 5.88. The maximum atomic E-state index is 4.87. The molecule has 0 spiro atoms. The Morgan fingerprint density at radius 3 is 2.27 bits per heavy atom. The van der Waals surface area contributed by atoms with Gasteiger partial charge in [0.05, 0.1) is 11.4 Å². The van der Waals surface area contributed by atoms with Gasteiger partial charge in [0, 0.05) is 41.8 Å². The van der Waals surface area contributed by atoms with Crippen molar-refractivity contribution in [1.82, 2.24) is 19.9 Å². The third-order valence-corrected chi connectivity index (χ3v) is 5.76. The van der Waals surface area contributed by atoms with Gasteiger partial charge in [0.25, 0.3) is 0 Å². The van der Waals surface area contributed by atoms with E-state index < -0.39 is 0 Å². The van der Waals surface area contributed by atoms with E-state index in [1.165, 1.54) is 18.4 Å². The summed E-state index contributed by atoms with van der Waals surface area (Å²) in [6.45, 7) is 2.94. The Balaban J connectivity index is 1.51. The quantitative estimate of drug-likeness (QED) is 0.397. The SMILES string of the molecule is Cc1cccc(-c2cc(-c3cncc(-c4ccc(CN(C)C)cc4)c3)cc(NC3CC3)n2)n1. The van der Waals surface area contributed by atoms with Crippen molar-refractivity contribution in [1.29, 1.82) is 0 Å². The third-order valence-electron chi connectivity index (χ3n) is 5.76. The van der Waals surface area contributed by atoms with Crippen LogP contribution in [0.1, 0.15) is 24.1 Å². The molecular formula is C28H29N5. The van der Waals surface area contributed by atoms with Crippen molar-refractivity contribution >= 4 is 5.82 Å². The van der Waals surface area contributed by atoms with E-state index >= 15 is 0 Å². The first-order valence-corrected chi connectivity index (χ1v) is 11.5. The van der Waals surface area contributed by atoms with Crippen LogP contribution < -0.4 is 5.32 Å². The number of benzene rings is 1. The second kappa shape index (κ2) is 9.12. The molecule has 1 saturated carbocycles. The molecule has 5 nitrogen and oxygen atoms in total. The molecule has 0 bridgehead atoms. The summed E-state index contributed by atoms with van der Waals surface area (Å²) in [6.07, 6.45) is 6.25. The van der Waals surface area contributed by atoms with Crippen LogP contribution in [0.3, 0.4) is 0 Å². The van der Waals surface area contributed by atoms with Crippen LogP contribution in [0.25, 0.3) is 33.6 Å². The summed E-state index contributed by atoms with van der Waals surface area (Å²) >= 11 is 0. The lowest BCUT2D eigenvalue weighted by atomic mass is 10.0. The van der Waals surface area contributed by atoms with Gasteiger partial charge in [-0.3, -0.25) is 9.97 Å². The molecular weight excluding hydrogens is 406 g/mol. The maximum absolute atomic E-state index is 4.87. The number of nitrogens with zero attached hydrogens (tertiary/aromatic N) is 4. The highest BCUT2D eigenvalue weighted by atomic mass is 15.1. The number of nitrogens with one attached hydrogen (secondary N) is 1. The zero-order valence-corrected chi connectivity index (χ0v) is 19.4. The van der Waals surface area contributed by atoms with Crippen molar-refractivity contribution in [2.45, 2.75) is 32.4 Å². The first-order chi connectivity index (χ1) is 16.0. The summed E-state index contributed by atoms with van der Waals surface area (Å²) in [7, 11) is 4.17. The second-order valence-electron chi connectivity index (χ2n) is 9.11. The predicted octanol–water partition coefficient (Wildman–Crippen LogP) is 5.82. The normalized spacial score (nSPS) is 13.3. The third kappa shape index (κ3) is 5.26. The number of aromatic nitrogens is 3. The number of aryl methyl sites for hydroxylation is 1. The fraction of sp³-hybridized carbons (Fsp3) is 0.250. The average molecular weight is 436 g/mol. The van der Waals surface area contributed by atoms with Crippen molar-refractivity contribution in [3.8, 4) is 33.6 Å². The molecule has 3 heterocycles. The number of anilines is 1. The Bertz CT molecular complexity index is 1260. The van der Waals surface area contributed by atoms with Crippen molar-refractivity contribution in [3.05, 3.63) is 84.3 Å². The lowest BCUT2D eigenvalue weighted by molar-refractivity contribution is 0.402. The fourth-order valence-corrected chi connectivity index (χ4v) is 3.95. The molecule has 0 radical (unpaired) electrons. The molecule has 0 saturated heterocycles. The van der Waals surface area contributed by atoms with Crippen molar-refractivity contribution in [3.63, 3.8) is 0 Å². The van der Waals surface area contributed by atoms with Gasteiger partial charge in [-0.1, -0.05) is 30.3 Å². The van der Waals surface area contributed by atoms with Crippen LogP contribution in [-0.2, 0) is 6.54 Å².